The maximum atomic E-state index is 12.7. The molecule has 6 heteroatoms. The van der Waals surface area contributed by atoms with Crippen molar-refractivity contribution < 1.29 is 19.1 Å². The van der Waals surface area contributed by atoms with Crippen LogP contribution in [0.2, 0.25) is 0 Å². The lowest BCUT2D eigenvalue weighted by Gasteiger charge is -2.30. The first kappa shape index (κ1) is 17.7. The Kier molecular flexibility index (Phi) is 5.02. The molecule has 1 aliphatic rings. The van der Waals surface area contributed by atoms with Gasteiger partial charge in [0.25, 0.3) is 5.91 Å². The highest BCUT2D eigenvalue weighted by atomic mass is 16.5. The summed E-state index contributed by atoms with van der Waals surface area (Å²) in [6.07, 6.45) is -0.882. The molecular weight excluding hydrogens is 332 g/mol. The van der Waals surface area contributed by atoms with Gasteiger partial charge in [-0.2, -0.15) is 0 Å². The number of esters is 1. The average Bonchev–Trinajstić information content (AvgIpc) is 2.62. The van der Waals surface area contributed by atoms with Gasteiger partial charge in [-0.3, -0.25) is 19.3 Å². The Labute approximate surface area is 151 Å². The third-order valence-corrected chi connectivity index (χ3v) is 4.29. The van der Waals surface area contributed by atoms with Crippen LogP contribution in [0.25, 0.3) is 0 Å². The number of rotatable bonds is 4. The Bertz CT molecular complexity index is 862. The van der Waals surface area contributed by atoms with E-state index in [0.717, 1.165) is 11.1 Å². The molecule has 1 atom stereocenters. The third-order valence-electron chi connectivity index (χ3n) is 4.29. The Morgan fingerprint density at radius 1 is 1.15 bits per heavy atom. The number of benzene rings is 2. The van der Waals surface area contributed by atoms with E-state index in [0.29, 0.717) is 11.4 Å². The van der Waals surface area contributed by atoms with E-state index in [9.17, 15) is 14.4 Å². The second kappa shape index (κ2) is 7.39. The fraction of sp³-hybridized carbons (Fsp3) is 0.250. The first-order valence-corrected chi connectivity index (χ1v) is 8.40. The molecule has 0 aliphatic carbocycles. The lowest BCUT2D eigenvalue weighted by Crippen LogP contribution is -2.47. The molecule has 1 N–H and O–H groups in total. The van der Waals surface area contributed by atoms with Crippen molar-refractivity contribution in [1.29, 1.82) is 0 Å². The highest BCUT2D eigenvalue weighted by molar-refractivity contribution is 6.11. The van der Waals surface area contributed by atoms with Crippen molar-refractivity contribution >= 4 is 29.2 Å². The van der Waals surface area contributed by atoms with Gasteiger partial charge in [-0.15, -0.1) is 0 Å². The number of hydrogen-bond donors (Lipinski definition) is 1. The smallest absolute Gasteiger partial charge is 0.311 e. The molecule has 1 heterocycles. The Hall–Kier alpha value is -3.15. The van der Waals surface area contributed by atoms with Gasteiger partial charge in [0.15, 0.2) is 6.10 Å². The summed E-state index contributed by atoms with van der Waals surface area (Å²) < 4.78 is 5.31. The SMILES string of the molecule is Cc1ccccc1CC(=O)O[C@H](C)C(=O)N1CC(=O)Nc2ccccc21. The van der Waals surface area contributed by atoms with Crippen LogP contribution in [-0.4, -0.2) is 30.4 Å². The highest BCUT2D eigenvalue weighted by Crippen LogP contribution is 2.29. The molecule has 0 saturated heterocycles. The molecule has 2 aromatic carbocycles. The van der Waals surface area contributed by atoms with Gasteiger partial charge in [0.1, 0.15) is 6.54 Å². The first-order chi connectivity index (χ1) is 12.5. The fourth-order valence-electron chi connectivity index (χ4n) is 2.90. The monoisotopic (exact) mass is 352 g/mol. The standard InChI is InChI=1S/C20H20N2O4/c1-13-7-3-4-8-15(13)11-19(24)26-14(2)20(25)22-12-18(23)21-16-9-5-6-10-17(16)22/h3-10,14H,11-12H2,1-2H3,(H,21,23)/t14-/m1/s1. The summed E-state index contributed by atoms with van der Waals surface area (Å²) in [5.74, 6) is -1.18. The van der Waals surface area contributed by atoms with E-state index in [4.69, 9.17) is 4.74 Å². The van der Waals surface area contributed by atoms with E-state index in [2.05, 4.69) is 5.32 Å². The lowest BCUT2D eigenvalue weighted by molar-refractivity contribution is -0.153. The van der Waals surface area contributed by atoms with E-state index in [1.807, 2.05) is 31.2 Å². The minimum atomic E-state index is -0.981. The van der Waals surface area contributed by atoms with E-state index < -0.39 is 18.0 Å². The Morgan fingerprint density at radius 3 is 2.62 bits per heavy atom. The quantitative estimate of drug-likeness (QED) is 0.858. The fourth-order valence-corrected chi connectivity index (χ4v) is 2.90. The Balaban J connectivity index is 1.69. The van der Waals surface area contributed by atoms with Crippen LogP contribution in [0.15, 0.2) is 48.5 Å². The zero-order valence-electron chi connectivity index (χ0n) is 14.7. The van der Waals surface area contributed by atoms with Crippen molar-refractivity contribution in [1.82, 2.24) is 0 Å². The topological polar surface area (TPSA) is 75.7 Å². The molecule has 0 aromatic heterocycles. The predicted molar refractivity (Wildman–Crippen MR) is 97.9 cm³/mol. The number of carbonyl (C=O) groups is 3. The zero-order valence-corrected chi connectivity index (χ0v) is 14.7. The summed E-state index contributed by atoms with van der Waals surface area (Å²) in [7, 11) is 0. The number of aryl methyl sites for hydroxylation is 1. The van der Waals surface area contributed by atoms with Gasteiger partial charge in [0.05, 0.1) is 17.8 Å². The van der Waals surface area contributed by atoms with Gasteiger partial charge in [0.2, 0.25) is 5.91 Å². The van der Waals surface area contributed by atoms with E-state index >= 15 is 0 Å². The first-order valence-electron chi connectivity index (χ1n) is 8.40. The van der Waals surface area contributed by atoms with Crippen LogP contribution in [0.1, 0.15) is 18.1 Å². The summed E-state index contributed by atoms with van der Waals surface area (Å²) in [5.41, 5.74) is 3.01. The number of fused-ring (bicyclic) bond motifs is 1. The highest BCUT2D eigenvalue weighted by Gasteiger charge is 2.31. The van der Waals surface area contributed by atoms with Crippen molar-refractivity contribution in [3.63, 3.8) is 0 Å². The molecular formula is C20H20N2O4. The molecule has 0 fully saturated rings. The maximum absolute atomic E-state index is 12.7. The minimum absolute atomic E-state index is 0.0986. The van der Waals surface area contributed by atoms with Crippen LogP contribution >= 0.6 is 0 Å². The van der Waals surface area contributed by atoms with Crippen molar-refractivity contribution in [3.8, 4) is 0 Å². The summed E-state index contributed by atoms with van der Waals surface area (Å²) in [6.45, 7) is 3.34. The van der Waals surface area contributed by atoms with Crippen LogP contribution in [-0.2, 0) is 25.5 Å². The predicted octanol–water partition coefficient (Wildman–Crippen LogP) is 2.45. The third kappa shape index (κ3) is 3.74. The number of nitrogens with zero attached hydrogens (tertiary/aromatic N) is 1. The van der Waals surface area contributed by atoms with Gasteiger partial charge in [-0.05, 0) is 37.1 Å². The molecule has 134 valence electrons. The molecule has 3 rings (SSSR count). The van der Waals surface area contributed by atoms with Crippen molar-refractivity contribution in [3.05, 3.63) is 59.7 Å². The normalized spacial score (nSPS) is 14.2. The molecule has 6 nitrogen and oxygen atoms in total. The summed E-state index contributed by atoms with van der Waals surface area (Å²) in [4.78, 5) is 38.1. The van der Waals surface area contributed by atoms with Crippen molar-refractivity contribution in [2.75, 3.05) is 16.8 Å². The number of hydrogen-bond acceptors (Lipinski definition) is 4. The van der Waals surface area contributed by atoms with Crippen molar-refractivity contribution in [2.45, 2.75) is 26.4 Å². The lowest BCUT2D eigenvalue weighted by atomic mass is 10.1. The maximum Gasteiger partial charge on any atom is 0.311 e. The number of amides is 2. The molecule has 0 unspecified atom stereocenters. The van der Waals surface area contributed by atoms with E-state index in [-0.39, 0.29) is 18.9 Å². The second-order valence-corrected chi connectivity index (χ2v) is 6.23. The van der Waals surface area contributed by atoms with E-state index in [1.54, 1.807) is 24.3 Å². The van der Waals surface area contributed by atoms with Gasteiger partial charge in [-0.25, -0.2) is 0 Å². The van der Waals surface area contributed by atoms with Crippen LogP contribution in [0, 0.1) is 6.92 Å². The molecule has 26 heavy (non-hydrogen) atoms. The van der Waals surface area contributed by atoms with E-state index in [1.165, 1.54) is 11.8 Å². The molecule has 0 spiro atoms. The van der Waals surface area contributed by atoms with Crippen LogP contribution in [0.4, 0.5) is 11.4 Å². The molecule has 2 amide bonds. The molecule has 1 aliphatic heterocycles. The number of anilines is 2. The second-order valence-electron chi connectivity index (χ2n) is 6.23. The molecule has 0 saturated carbocycles. The number of ether oxygens (including phenoxy) is 1. The minimum Gasteiger partial charge on any atom is -0.452 e. The van der Waals surface area contributed by atoms with Gasteiger partial charge in [-0.1, -0.05) is 36.4 Å². The molecule has 2 aromatic rings. The van der Waals surface area contributed by atoms with Crippen LogP contribution in [0.5, 0.6) is 0 Å². The largest absolute Gasteiger partial charge is 0.452 e. The summed E-state index contributed by atoms with van der Waals surface area (Å²) in [5, 5.41) is 2.72. The van der Waals surface area contributed by atoms with Gasteiger partial charge >= 0.3 is 5.97 Å². The Morgan fingerprint density at radius 2 is 1.85 bits per heavy atom. The number of carbonyl (C=O) groups excluding carboxylic acids is 3. The van der Waals surface area contributed by atoms with Crippen LogP contribution < -0.4 is 10.2 Å². The van der Waals surface area contributed by atoms with Crippen molar-refractivity contribution in [2.24, 2.45) is 0 Å². The summed E-state index contributed by atoms with van der Waals surface area (Å²) >= 11 is 0. The van der Waals surface area contributed by atoms with Gasteiger partial charge < -0.3 is 10.1 Å². The summed E-state index contributed by atoms with van der Waals surface area (Å²) in [6, 6.07) is 14.6. The van der Waals surface area contributed by atoms with Crippen LogP contribution in [0.3, 0.4) is 0 Å². The number of nitrogens with one attached hydrogen (secondary N) is 1. The zero-order chi connectivity index (χ0) is 18.7. The average molecular weight is 352 g/mol. The van der Waals surface area contributed by atoms with Gasteiger partial charge in [0, 0.05) is 0 Å². The number of para-hydroxylation sites is 2. The molecule has 0 radical (unpaired) electrons. The molecule has 0 bridgehead atoms.